The molecule has 3 rings (SSSR count). The molecule has 0 saturated heterocycles. The van der Waals surface area contributed by atoms with Crippen molar-refractivity contribution in [2.75, 3.05) is 5.32 Å². The molecule has 1 saturated carbocycles. The maximum absolute atomic E-state index is 12.9. The average Bonchev–Trinajstić information content (AvgIpc) is 3.52. The highest BCUT2D eigenvalue weighted by Gasteiger charge is 2.33. The summed E-state index contributed by atoms with van der Waals surface area (Å²) in [6.07, 6.45) is -0.252. The molecule has 2 N–H and O–H groups in total. The van der Waals surface area contributed by atoms with Crippen LogP contribution in [0.25, 0.3) is 6.08 Å². The van der Waals surface area contributed by atoms with Crippen molar-refractivity contribution in [3.8, 4) is 0 Å². The van der Waals surface area contributed by atoms with Crippen molar-refractivity contribution in [3.05, 3.63) is 70.3 Å². The Hall–Kier alpha value is -2.80. The van der Waals surface area contributed by atoms with Gasteiger partial charge in [-0.3, -0.25) is 9.59 Å². The van der Waals surface area contributed by atoms with E-state index in [9.17, 15) is 22.8 Å². The number of hydrogen-bond donors (Lipinski definition) is 2. The number of amides is 2. The third-order valence-electron chi connectivity index (χ3n) is 4.71. The van der Waals surface area contributed by atoms with Gasteiger partial charge >= 0.3 is 6.18 Å². The van der Waals surface area contributed by atoms with E-state index in [1.165, 1.54) is 18.2 Å². The molecule has 1 unspecified atom stereocenters. The highest BCUT2D eigenvalue weighted by molar-refractivity contribution is 6.31. The summed E-state index contributed by atoms with van der Waals surface area (Å²) in [5.41, 5.74) is 0.781. The van der Waals surface area contributed by atoms with Crippen LogP contribution in [0, 0.1) is 5.92 Å². The molecule has 0 radical (unpaired) electrons. The highest BCUT2D eigenvalue weighted by Crippen LogP contribution is 2.35. The number of carbonyl (C=O) groups is 2. The largest absolute Gasteiger partial charge is 0.417 e. The van der Waals surface area contributed by atoms with Crippen molar-refractivity contribution < 1.29 is 22.8 Å². The molecular weight excluding hydrogens is 417 g/mol. The van der Waals surface area contributed by atoms with Crippen LogP contribution in [-0.4, -0.2) is 11.8 Å². The maximum atomic E-state index is 12.9. The minimum Gasteiger partial charge on any atom is -0.346 e. The predicted octanol–water partition coefficient (Wildman–Crippen LogP) is 5.60. The lowest BCUT2D eigenvalue weighted by molar-refractivity contribution is -0.137. The van der Waals surface area contributed by atoms with Gasteiger partial charge in [-0.2, -0.15) is 13.2 Å². The fraction of sp³-hybridized carbons (Fsp3) is 0.273. The summed E-state index contributed by atoms with van der Waals surface area (Å²) >= 11 is 5.59. The molecule has 0 aromatic heterocycles. The smallest absolute Gasteiger partial charge is 0.346 e. The van der Waals surface area contributed by atoms with Crippen LogP contribution >= 0.6 is 11.6 Å². The van der Waals surface area contributed by atoms with Crippen molar-refractivity contribution in [1.29, 1.82) is 0 Å². The van der Waals surface area contributed by atoms with Gasteiger partial charge in [0.15, 0.2) is 0 Å². The topological polar surface area (TPSA) is 58.2 Å². The SMILES string of the molecule is CC(NC(=O)/C=C/c1ccc(Cl)c(C(F)(F)F)c1)c1ccc(NC(=O)C2CC2)cc1. The molecule has 1 atom stereocenters. The van der Waals surface area contributed by atoms with E-state index in [-0.39, 0.29) is 23.4 Å². The number of hydrogen-bond acceptors (Lipinski definition) is 2. The zero-order valence-electron chi connectivity index (χ0n) is 16.1. The summed E-state index contributed by atoms with van der Waals surface area (Å²) in [5, 5.41) is 5.20. The van der Waals surface area contributed by atoms with Crippen molar-refractivity contribution in [3.63, 3.8) is 0 Å². The molecule has 4 nitrogen and oxygen atoms in total. The van der Waals surface area contributed by atoms with Gasteiger partial charge in [0.1, 0.15) is 0 Å². The zero-order valence-corrected chi connectivity index (χ0v) is 16.8. The summed E-state index contributed by atoms with van der Waals surface area (Å²) in [6, 6.07) is 10.2. The van der Waals surface area contributed by atoms with Gasteiger partial charge in [0.25, 0.3) is 0 Å². The monoisotopic (exact) mass is 436 g/mol. The number of alkyl halides is 3. The predicted molar refractivity (Wildman–Crippen MR) is 110 cm³/mol. The second-order valence-corrected chi connectivity index (χ2v) is 7.59. The van der Waals surface area contributed by atoms with Crippen LogP contribution in [0.5, 0.6) is 0 Å². The molecule has 2 aromatic rings. The van der Waals surface area contributed by atoms with Crippen LogP contribution in [0.2, 0.25) is 5.02 Å². The van der Waals surface area contributed by atoms with Crippen LogP contribution in [0.4, 0.5) is 18.9 Å². The maximum Gasteiger partial charge on any atom is 0.417 e. The van der Waals surface area contributed by atoms with E-state index in [4.69, 9.17) is 11.6 Å². The molecule has 8 heteroatoms. The number of halogens is 4. The van der Waals surface area contributed by atoms with Gasteiger partial charge in [-0.05, 0) is 61.2 Å². The number of benzene rings is 2. The second kappa shape index (κ2) is 8.92. The lowest BCUT2D eigenvalue weighted by Gasteiger charge is -2.14. The average molecular weight is 437 g/mol. The van der Waals surface area contributed by atoms with Crippen molar-refractivity contribution in [1.82, 2.24) is 5.32 Å². The van der Waals surface area contributed by atoms with Crippen molar-refractivity contribution >= 4 is 35.2 Å². The Bertz CT molecular complexity index is 967. The molecule has 1 aliphatic carbocycles. The Morgan fingerprint density at radius 1 is 1.13 bits per heavy atom. The summed E-state index contributed by atoms with van der Waals surface area (Å²) in [7, 11) is 0. The van der Waals surface area contributed by atoms with Crippen LogP contribution < -0.4 is 10.6 Å². The minimum atomic E-state index is -4.57. The summed E-state index contributed by atoms with van der Waals surface area (Å²) in [6.45, 7) is 1.79. The van der Waals surface area contributed by atoms with Crippen molar-refractivity contribution in [2.24, 2.45) is 5.92 Å². The minimum absolute atomic E-state index is 0.0186. The Morgan fingerprint density at radius 3 is 2.40 bits per heavy atom. The van der Waals surface area contributed by atoms with Gasteiger partial charge in [-0.15, -0.1) is 0 Å². The van der Waals surface area contributed by atoms with E-state index < -0.39 is 22.7 Å². The first-order valence-corrected chi connectivity index (χ1v) is 9.77. The third-order valence-corrected chi connectivity index (χ3v) is 5.04. The number of carbonyl (C=O) groups excluding carboxylic acids is 2. The molecule has 2 aromatic carbocycles. The van der Waals surface area contributed by atoms with Gasteiger partial charge in [-0.25, -0.2) is 0 Å². The fourth-order valence-corrected chi connectivity index (χ4v) is 3.05. The Morgan fingerprint density at radius 2 is 1.80 bits per heavy atom. The fourth-order valence-electron chi connectivity index (χ4n) is 2.83. The first-order valence-electron chi connectivity index (χ1n) is 9.39. The Kier molecular flexibility index (Phi) is 6.51. The highest BCUT2D eigenvalue weighted by atomic mass is 35.5. The van der Waals surface area contributed by atoms with Crippen LogP contribution in [0.1, 0.15) is 42.5 Å². The van der Waals surface area contributed by atoms with Gasteiger partial charge in [0, 0.05) is 17.7 Å². The van der Waals surface area contributed by atoms with Gasteiger partial charge < -0.3 is 10.6 Å². The number of rotatable bonds is 6. The zero-order chi connectivity index (χ0) is 21.9. The van der Waals surface area contributed by atoms with Crippen LogP contribution in [-0.2, 0) is 15.8 Å². The second-order valence-electron chi connectivity index (χ2n) is 7.19. The summed E-state index contributed by atoms with van der Waals surface area (Å²) in [5.74, 6) is -0.315. The van der Waals surface area contributed by atoms with E-state index in [1.54, 1.807) is 31.2 Å². The van der Waals surface area contributed by atoms with Crippen molar-refractivity contribution in [2.45, 2.75) is 32.0 Å². The molecule has 0 bridgehead atoms. The van der Waals surface area contributed by atoms with E-state index in [0.717, 1.165) is 30.5 Å². The van der Waals surface area contributed by atoms with E-state index in [0.29, 0.717) is 5.69 Å². The molecule has 158 valence electrons. The molecule has 30 heavy (non-hydrogen) atoms. The third kappa shape index (κ3) is 5.86. The van der Waals surface area contributed by atoms with Gasteiger partial charge in [-0.1, -0.05) is 29.8 Å². The first kappa shape index (κ1) is 21.9. The number of nitrogens with one attached hydrogen (secondary N) is 2. The van der Waals surface area contributed by atoms with Gasteiger partial charge in [0.2, 0.25) is 11.8 Å². The normalized spacial score (nSPS) is 15.1. The van der Waals surface area contributed by atoms with Crippen LogP contribution in [0.15, 0.2) is 48.5 Å². The molecule has 1 aliphatic rings. The van der Waals surface area contributed by atoms with E-state index >= 15 is 0 Å². The number of anilines is 1. The lowest BCUT2D eigenvalue weighted by Crippen LogP contribution is -2.24. The van der Waals surface area contributed by atoms with Gasteiger partial charge in [0.05, 0.1) is 16.6 Å². The summed E-state index contributed by atoms with van der Waals surface area (Å²) in [4.78, 5) is 23.9. The van der Waals surface area contributed by atoms with E-state index in [2.05, 4.69) is 10.6 Å². The first-order chi connectivity index (χ1) is 14.1. The Balaban J connectivity index is 1.58. The Labute approximate surface area is 177 Å². The molecule has 0 aliphatic heterocycles. The standard InChI is InChI=1S/C22H20ClF3N2O2/c1-13(15-6-8-17(9-7-15)28-21(30)16-4-5-16)27-20(29)11-3-14-2-10-19(23)18(12-14)22(24,25)26/h2-3,6-13,16H,4-5H2,1H3,(H,27,29)(H,28,30)/b11-3+. The molecule has 2 amide bonds. The quantitative estimate of drug-likeness (QED) is 0.579. The lowest BCUT2D eigenvalue weighted by atomic mass is 10.1. The molecule has 0 heterocycles. The molecule has 0 spiro atoms. The molecular formula is C22H20ClF3N2O2. The summed E-state index contributed by atoms with van der Waals surface area (Å²) < 4.78 is 38.8. The molecule has 1 fully saturated rings. The van der Waals surface area contributed by atoms with E-state index in [1.807, 2.05) is 0 Å². The van der Waals surface area contributed by atoms with Crippen LogP contribution in [0.3, 0.4) is 0 Å².